The highest BCUT2D eigenvalue weighted by Gasteiger charge is 2.28. The lowest BCUT2D eigenvalue weighted by Gasteiger charge is -2.25. The fraction of sp³-hybridized carbons (Fsp3) is 0.474. The average Bonchev–Trinajstić information content (AvgIpc) is 3.27. The highest BCUT2D eigenvalue weighted by atomic mass is 16.2. The molecule has 0 radical (unpaired) electrons. The number of carbonyl (C=O) groups excluding carboxylic acids is 1. The predicted octanol–water partition coefficient (Wildman–Crippen LogP) is 1.68. The average molecular weight is 353 g/mol. The Balaban J connectivity index is 1.69. The maximum Gasteiger partial charge on any atom is 0.266 e. The number of carbonyl (C=O) groups is 1. The van der Waals surface area contributed by atoms with Crippen molar-refractivity contribution in [1.82, 2.24) is 19.4 Å². The standard InChI is InChI=1S/C19H23N5O2/c1-13-16(14(2)22-19(26)17(13)10-20)5-6-18(25)24-8-3-4-15(24)11-23-9-7-21-12-23/h7,9,12,15H,3-6,8,11H2,1-2H3,(H,22,26)/t15-/m1/s1. The first-order valence-electron chi connectivity index (χ1n) is 8.89. The summed E-state index contributed by atoms with van der Waals surface area (Å²) in [6.45, 7) is 5.14. The zero-order valence-corrected chi connectivity index (χ0v) is 15.2. The summed E-state index contributed by atoms with van der Waals surface area (Å²) in [6.07, 6.45) is 8.35. The molecule has 1 fully saturated rings. The third-order valence-corrected chi connectivity index (χ3v) is 5.19. The third-order valence-electron chi connectivity index (χ3n) is 5.19. The van der Waals surface area contributed by atoms with E-state index in [0.29, 0.717) is 18.4 Å². The van der Waals surface area contributed by atoms with Crippen molar-refractivity contribution in [2.75, 3.05) is 6.54 Å². The molecule has 0 aliphatic carbocycles. The minimum absolute atomic E-state index is 0.121. The molecule has 7 heteroatoms. The molecule has 1 atom stereocenters. The van der Waals surface area contributed by atoms with Crippen LogP contribution >= 0.6 is 0 Å². The second-order valence-electron chi connectivity index (χ2n) is 6.81. The monoisotopic (exact) mass is 353 g/mol. The van der Waals surface area contributed by atoms with Crippen molar-refractivity contribution in [1.29, 1.82) is 5.26 Å². The molecular formula is C19H23N5O2. The Hall–Kier alpha value is -2.88. The van der Waals surface area contributed by atoms with Crippen LogP contribution in [0.5, 0.6) is 0 Å². The summed E-state index contributed by atoms with van der Waals surface area (Å²) >= 11 is 0. The van der Waals surface area contributed by atoms with Gasteiger partial charge < -0.3 is 14.5 Å². The zero-order chi connectivity index (χ0) is 18.7. The molecule has 3 rings (SSSR count). The molecule has 0 spiro atoms. The third kappa shape index (κ3) is 3.54. The van der Waals surface area contributed by atoms with Gasteiger partial charge in [-0.05, 0) is 44.2 Å². The van der Waals surface area contributed by atoms with Crippen molar-refractivity contribution in [2.45, 2.75) is 52.1 Å². The van der Waals surface area contributed by atoms with Gasteiger partial charge in [0, 0.05) is 43.6 Å². The highest BCUT2D eigenvalue weighted by molar-refractivity contribution is 5.77. The lowest BCUT2D eigenvalue weighted by molar-refractivity contribution is -0.132. The number of nitrogens with one attached hydrogen (secondary N) is 1. The van der Waals surface area contributed by atoms with Crippen molar-refractivity contribution in [3.05, 3.63) is 51.5 Å². The summed E-state index contributed by atoms with van der Waals surface area (Å²) in [5.74, 6) is 0.121. The van der Waals surface area contributed by atoms with Crippen LogP contribution in [0.4, 0.5) is 0 Å². The molecule has 0 aromatic carbocycles. The van der Waals surface area contributed by atoms with Gasteiger partial charge >= 0.3 is 0 Å². The minimum Gasteiger partial charge on any atom is -0.338 e. The summed E-state index contributed by atoms with van der Waals surface area (Å²) in [5.41, 5.74) is 2.07. The Kier molecular flexibility index (Phi) is 5.21. The lowest BCUT2D eigenvalue weighted by Crippen LogP contribution is -2.38. The molecule has 1 aliphatic rings. The number of H-pyrrole nitrogens is 1. The molecule has 2 aromatic rings. The number of pyridine rings is 1. The maximum atomic E-state index is 12.8. The van der Waals surface area contributed by atoms with Crippen LogP contribution in [0.1, 0.15) is 41.6 Å². The Morgan fingerprint density at radius 3 is 2.96 bits per heavy atom. The molecule has 136 valence electrons. The van der Waals surface area contributed by atoms with Crippen LogP contribution in [0, 0.1) is 25.2 Å². The van der Waals surface area contributed by atoms with Gasteiger partial charge in [-0.2, -0.15) is 5.26 Å². The summed E-state index contributed by atoms with van der Waals surface area (Å²) in [5, 5.41) is 9.17. The maximum absolute atomic E-state index is 12.8. The number of likely N-dealkylation sites (tertiary alicyclic amines) is 1. The van der Waals surface area contributed by atoms with E-state index in [1.807, 2.05) is 28.7 Å². The fourth-order valence-corrected chi connectivity index (χ4v) is 3.79. The molecule has 0 saturated carbocycles. The summed E-state index contributed by atoms with van der Waals surface area (Å²) in [7, 11) is 0. The Morgan fingerprint density at radius 1 is 1.46 bits per heavy atom. The molecule has 26 heavy (non-hydrogen) atoms. The van der Waals surface area contributed by atoms with Crippen molar-refractivity contribution >= 4 is 5.91 Å². The van der Waals surface area contributed by atoms with Gasteiger partial charge in [-0.3, -0.25) is 9.59 Å². The minimum atomic E-state index is -0.363. The highest BCUT2D eigenvalue weighted by Crippen LogP contribution is 2.22. The van der Waals surface area contributed by atoms with E-state index in [9.17, 15) is 9.59 Å². The number of nitrogens with zero attached hydrogens (tertiary/aromatic N) is 4. The number of hydrogen-bond donors (Lipinski definition) is 1. The normalized spacial score (nSPS) is 16.7. The van der Waals surface area contributed by atoms with E-state index < -0.39 is 0 Å². The fourth-order valence-electron chi connectivity index (χ4n) is 3.79. The molecule has 3 heterocycles. The van der Waals surface area contributed by atoms with Crippen LogP contribution in [0.3, 0.4) is 0 Å². The van der Waals surface area contributed by atoms with Gasteiger partial charge in [0.05, 0.1) is 6.33 Å². The van der Waals surface area contributed by atoms with E-state index in [0.717, 1.165) is 37.2 Å². The van der Waals surface area contributed by atoms with Crippen LogP contribution in [-0.4, -0.2) is 37.9 Å². The van der Waals surface area contributed by atoms with E-state index in [1.165, 1.54) is 0 Å². The van der Waals surface area contributed by atoms with Gasteiger partial charge in [0.25, 0.3) is 5.56 Å². The van der Waals surface area contributed by atoms with Crippen LogP contribution < -0.4 is 5.56 Å². The van der Waals surface area contributed by atoms with Crippen molar-refractivity contribution in [2.24, 2.45) is 0 Å². The second kappa shape index (κ2) is 7.56. The van der Waals surface area contributed by atoms with Gasteiger partial charge in [0.15, 0.2) is 0 Å². The summed E-state index contributed by atoms with van der Waals surface area (Å²) in [4.78, 5) is 33.3. The van der Waals surface area contributed by atoms with E-state index in [4.69, 9.17) is 5.26 Å². The number of amides is 1. The largest absolute Gasteiger partial charge is 0.338 e. The predicted molar refractivity (Wildman–Crippen MR) is 96.5 cm³/mol. The van der Waals surface area contributed by atoms with Crippen LogP contribution in [0.15, 0.2) is 23.5 Å². The molecule has 1 aliphatic heterocycles. The molecule has 7 nitrogen and oxygen atoms in total. The number of aryl methyl sites for hydroxylation is 1. The Bertz CT molecular complexity index is 892. The quantitative estimate of drug-likeness (QED) is 0.885. The van der Waals surface area contributed by atoms with E-state index in [-0.39, 0.29) is 23.1 Å². The molecule has 0 unspecified atom stereocenters. The first kappa shape index (κ1) is 17.9. The Morgan fingerprint density at radius 2 is 2.27 bits per heavy atom. The van der Waals surface area contributed by atoms with Gasteiger partial charge in [0.2, 0.25) is 5.91 Å². The van der Waals surface area contributed by atoms with Crippen molar-refractivity contribution in [3.63, 3.8) is 0 Å². The zero-order valence-electron chi connectivity index (χ0n) is 15.2. The van der Waals surface area contributed by atoms with Gasteiger partial charge in [-0.25, -0.2) is 4.98 Å². The van der Waals surface area contributed by atoms with Crippen LogP contribution in [0.2, 0.25) is 0 Å². The molecular weight excluding hydrogens is 330 g/mol. The van der Waals surface area contributed by atoms with Crippen molar-refractivity contribution in [3.8, 4) is 6.07 Å². The van der Waals surface area contributed by atoms with Crippen LogP contribution in [0.25, 0.3) is 0 Å². The molecule has 1 amide bonds. The van der Waals surface area contributed by atoms with E-state index in [1.54, 1.807) is 19.4 Å². The lowest BCUT2D eigenvalue weighted by atomic mass is 9.99. The van der Waals surface area contributed by atoms with Crippen LogP contribution in [-0.2, 0) is 17.8 Å². The van der Waals surface area contributed by atoms with E-state index in [2.05, 4.69) is 9.97 Å². The number of hydrogen-bond acceptors (Lipinski definition) is 4. The summed E-state index contributed by atoms with van der Waals surface area (Å²) < 4.78 is 2.01. The molecule has 1 N–H and O–H groups in total. The van der Waals surface area contributed by atoms with Gasteiger partial charge in [-0.15, -0.1) is 0 Å². The number of imidazole rings is 1. The van der Waals surface area contributed by atoms with Gasteiger partial charge in [-0.1, -0.05) is 0 Å². The Labute approximate surface area is 152 Å². The topological polar surface area (TPSA) is 94.8 Å². The second-order valence-corrected chi connectivity index (χ2v) is 6.81. The first-order chi connectivity index (χ1) is 12.5. The molecule has 0 bridgehead atoms. The smallest absolute Gasteiger partial charge is 0.266 e. The summed E-state index contributed by atoms with van der Waals surface area (Å²) in [6, 6.07) is 2.16. The first-order valence-corrected chi connectivity index (χ1v) is 8.89. The number of aromatic nitrogens is 3. The number of aromatic amines is 1. The number of rotatable bonds is 5. The van der Waals surface area contributed by atoms with E-state index >= 15 is 0 Å². The molecule has 1 saturated heterocycles. The SMILES string of the molecule is Cc1[nH]c(=O)c(C#N)c(C)c1CCC(=O)N1CCC[C@@H]1Cn1ccnc1. The van der Waals surface area contributed by atoms with Gasteiger partial charge in [0.1, 0.15) is 11.6 Å². The molecule has 2 aromatic heterocycles. The van der Waals surface area contributed by atoms with Crippen molar-refractivity contribution < 1.29 is 4.79 Å². The number of nitriles is 1.